The molecule has 1 unspecified atom stereocenters. The third-order valence-electron chi connectivity index (χ3n) is 2.21. The molecular weight excluding hydrogens is 129 g/mol. The van der Waals surface area contributed by atoms with Crippen molar-refractivity contribution in [2.75, 3.05) is 25.9 Å². The second-order valence-electron chi connectivity index (χ2n) is 3.41. The van der Waals surface area contributed by atoms with Gasteiger partial charge in [-0.05, 0) is 33.2 Å². The minimum atomic E-state index is 0.483. The first-order valence-corrected chi connectivity index (χ1v) is 4.96. The van der Waals surface area contributed by atoms with Gasteiger partial charge in [-0.3, -0.25) is 0 Å². The molecule has 0 aliphatic carbocycles. The fourth-order valence-electron chi connectivity index (χ4n) is 1.08. The molecule has 0 aromatic rings. The standard InChI is InChI=1S/C7H16NP/c1-7(2)6-9-5-4-8(7)3/h9H,4-6H2,1-3H3. The van der Waals surface area contributed by atoms with Gasteiger partial charge in [0, 0.05) is 12.1 Å². The van der Waals surface area contributed by atoms with Crippen molar-refractivity contribution in [3.63, 3.8) is 0 Å². The molecule has 0 aromatic carbocycles. The summed E-state index contributed by atoms with van der Waals surface area (Å²) in [5.74, 6) is 0. The zero-order valence-corrected chi connectivity index (χ0v) is 7.57. The Morgan fingerprint density at radius 2 is 2.11 bits per heavy atom. The second-order valence-corrected chi connectivity index (χ2v) is 4.76. The summed E-state index contributed by atoms with van der Waals surface area (Å²) in [4.78, 5) is 2.46. The predicted octanol–water partition coefficient (Wildman–Crippen LogP) is 1.39. The van der Waals surface area contributed by atoms with Crippen LogP contribution in [0.2, 0.25) is 0 Å². The van der Waals surface area contributed by atoms with E-state index in [4.69, 9.17) is 0 Å². The lowest BCUT2D eigenvalue weighted by molar-refractivity contribution is 0.183. The number of hydrogen-bond acceptors (Lipinski definition) is 1. The van der Waals surface area contributed by atoms with Crippen LogP contribution >= 0.6 is 8.58 Å². The van der Waals surface area contributed by atoms with E-state index in [0.29, 0.717) is 5.54 Å². The van der Waals surface area contributed by atoms with Gasteiger partial charge in [0.1, 0.15) is 0 Å². The lowest BCUT2D eigenvalue weighted by atomic mass is 10.1. The SMILES string of the molecule is CN1CCPCC1(C)C. The Labute approximate surface area is 59.6 Å². The molecule has 1 heterocycles. The average molecular weight is 145 g/mol. The van der Waals surface area contributed by atoms with Crippen molar-refractivity contribution in [2.45, 2.75) is 19.4 Å². The van der Waals surface area contributed by atoms with Gasteiger partial charge in [-0.25, -0.2) is 0 Å². The van der Waals surface area contributed by atoms with Crippen LogP contribution in [0.1, 0.15) is 13.8 Å². The van der Waals surface area contributed by atoms with Crippen molar-refractivity contribution in [1.29, 1.82) is 0 Å². The molecule has 0 bridgehead atoms. The van der Waals surface area contributed by atoms with E-state index in [9.17, 15) is 0 Å². The highest BCUT2D eigenvalue weighted by atomic mass is 31.1. The molecule has 0 amide bonds. The van der Waals surface area contributed by atoms with E-state index in [1.807, 2.05) is 0 Å². The molecule has 0 N–H and O–H groups in total. The Morgan fingerprint density at radius 1 is 1.44 bits per heavy atom. The highest BCUT2D eigenvalue weighted by molar-refractivity contribution is 7.38. The van der Waals surface area contributed by atoms with Crippen molar-refractivity contribution in [1.82, 2.24) is 4.90 Å². The first kappa shape index (κ1) is 7.50. The summed E-state index contributed by atoms with van der Waals surface area (Å²) in [6, 6.07) is 0. The van der Waals surface area contributed by atoms with E-state index in [1.54, 1.807) is 0 Å². The predicted molar refractivity (Wildman–Crippen MR) is 44.8 cm³/mol. The van der Waals surface area contributed by atoms with Crippen molar-refractivity contribution in [2.24, 2.45) is 0 Å². The molecule has 1 fully saturated rings. The zero-order valence-electron chi connectivity index (χ0n) is 6.57. The van der Waals surface area contributed by atoms with Gasteiger partial charge in [0.25, 0.3) is 0 Å². The van der Waals surface area contributed by atoms with Crippen molar-refractivity contribution < 1.29 is 0 Å². The molecule has 1 saturated heterocycles. The molecule has 1 aliphatic rings. The summed E-state index contributed by atoms with van der Waals surface area (Å²) < 4.78 is 0. The van der Waals surface area contributed by atoms with E-state index in [-0.39, 0.29) is 0 Å². The summed E-state index contributed by atoms with van der Waals surface area (Å²) >= 11 is 0. The topological polar surface area (TPSA) is 3.24 Å². The van der Waals surface area contributed by atoms with Crippen LogP contribution in [0.3, 0.4) is 0 Å². The summed E-state index contributed by atoms with van der Waals surface area (Å²) in [7, 11) is 3.42. The Balaban J connectivity index is 2.49. The zero-order chi connectivity index (χ0) is 6.91. The van der Waals surface area contributed by atoms with E-state index in [2.05, 4.69) is 25.8 Å². The van der Waals surface area contributed by atoms with Crippen molar-refractivity contribution >= 4 is 8.58 Å². The van der Waals surface area contributed by atoms with E-state index < -0.39 is 0 Å². The molecule has 1 aliphatic heterocycles. The fraction of sp³-hybridized carbons (Fsp3) is 1.00. The lowest BCUT2D eigenvalue weighted by Crippen LogP contribution is -2.46. The van der Waals surface area contributed by atoms with Crippen LogP contribution in [0.25, 0.3) is 0 Å². The maximum absolute atomic E-state index is 2.46. The van der Waals surface area contributed by atoms with E-state index in [1.165, 1.54) is 27.4 Å². The minimum Gasteiger partial charge on any atom is -0.301 e. The highest BCUT2D eigenvalue weighted by Crippen LogP contribution is 2.27. The van der Waals surface area contributed by atoms with Gasteiger partial charge in [0.05, 0.1) is 0 Å². The van der Waals surface area contributed by atoms with Crippen LogP contribution in [-0.4, -0.2) is 36.4 Å². The number of hydrogen-bond donors (Lipinski definition) is 0. The molecule has 2 heteroatoms. The molecule has 9 heavy (non-hydrogen) atoms. The van der Waals surface area contributed by atoms with Gasteiger partial charge < -0.3 is 4.90 Å². The Hall–Kier alpha value is 0.390. The first-order chi connectivity index (χ1) is 4.13. The monoisotopic (exact) mass is 145 g/mol. The molecule has 0 radical (unpaired) electrons. The van der Waals surface area contributed by atoms with Gasteiger partial charge in [0.15, 0.2) is 0 Å². The van der Waals surface area contributed by atoms with Crippen LogP contribution in [0.5, 0.6) is 0 Å². The van der Waals surface area contributed by atoms with Crippen molar-refractivity contribution in [3.8, 4) is 0 Å². The molecule has 0 spiro atoms. The molecule has 0 saturated carbocycles. The molecule has 1 nitrogen and oxygen atoms in total. The van der Waals surface area contributed by atoms with Crippen LogP contribution in [0.15, 0.2) is 0 Å². The van der Waals surface area contributed by atoms with Gasteiger partial charge in [-0.1, -0.05) is 0 Å². The van der Waals surface area contributed by atoms with Crippen molar-refractivity contribution in [3.05, 3.63) is 0 Å². The van der Waals surface area contributed by atoms with Gasteiger partial charge in [-0.2, -0.15) is 0 Å². The normalized spacial score (nSPS) is 31.0. The minimum absolute atomic E-state index is 0.483. The maximum Gasteiger partial charge on any atom is 0.0187 e. The molecule has 1 rings (SSSR count). The van der Waals surface area contributed by atoms with Gasteiger partial charge in [0.2, 0.25) is 0 Å². The average Bonchev–Trinajstić information content (AvgIpc) is 1.77. The Kier molecular flexibility index (Phi) is 2.13. The summed E-state index contributed by atoms with van der Waals surface area (Å²) in [6.45, 7) is 5.96. The summed E-state index contributed by atoms with van der Waals surface area (Å²) in [6.07, 6.45) is 2.81. The van der Waals surface area contributed by atoms with Gasteiger partial charge >= 0.3 is 0 Å². The number of nitrogens with zero attached hydrogens (tertiary/aromatic N) is 1. The van der Waals surface area contributed by atoms with Crippen LogP contribution < -0.4 is 0 Å². The highest BCUT2D eigenvalue weighted by Gasteiger charge is 2.25. The molecular formula is C7H16NP. The lowest BCUT2D eigenvalue weighted by Gasteiger charge is -2.39. The second kappa shape index (κ2) is 2.56. The van der Waals surface area contributed by atoms with E-state index >= 15 is 0 Å². The quantitative estimate of drug-likeness (QED) is 0.465. The summed E-state index contributed by atoms with van der Waals surface area (Å²) in [5.41, 5.74) is 0.483. The first-order valence-electron chi connectivity index (χ1n) is 3.55. The Bertz CT molecular complexity index is 101. The largest absolute Gasteiger partial charge is 0.301 e. The maximum atomic E-state index is 2.46. The molecule has 0 aromatic heterocycles. The molecule has 1 atom stereocenters. The summed E-state index contributed by atoms with van der Waals surface area (Å²) in [5, 5.41) is 0. The third kappa shape index (κ3) is 1.65. The Morgan fingerprint density at radius 3 is 2.44 bits per heavy atom. The van der Waals surface area contributed by atoms with Crippen LogP contribution in [-0.2, 0) is 0 Å². The van der Waals surface area contributed by atoms with E-state index in [0.717, 1.165) is 0 Å². The smallest absolute Gasteiger partial charge is 0.0187 e. The number of rotatable bonds is 0. The third-order valence-corrected chi connectivity index (χ3v) is 3.91. The van der Waals surface area contributed by atoms with Gasteiger partial charge in [-0.15, -0.1) is 8.58 Å². The van der Waals surface area contributed by atoms with Crippen LogP contribution in [0.4, 0.5) is 0 Å². The molecule has 54 valence electrons. The fourth-order valence-corrected chi connectivity index (χ4v) is 2.63. The van der Waals surface area contributed by atoms with Crippen LogP contribution in [0, 0.1) is 0 Å².